The number of nitrogens with zero attached hydrogens (tertiary/aromatic N) is 1. The molecule has 2 N–H and O–H groups in total. The van der Waals surface area contributed by atoms with Gasteiger partial charge in [0.05, 0.1) is 12.2 Å². The van der Waals surface area contributed by atoms with E-state index in [0.29, 0.717) is 6.42 Å². The van der Waals surface area contributed by atoms with Crippen molar-refractivity contribution < 1.29 is 9.84 Å². The molecular weight excluding hydrogens is 228 g/mol. The Morgan fingerprint density at radius 1 is 1.39 bits per heavy atom. The molecule has 0 radical (unpaired) electrons. The van der Waals surface area contributed by atoms with Crippen LogP contribution in [0.15, 0.2) is 36.7 Å². The first-order valence-corrected chi connectivity index (χ1v) is 6.08. The Morgan fingerprint density at radius 3 is 2.89 bits per heavy atom. The average molecular weight is 246 g/mol. The number of nitrogens with one attached hydrogen (secondary N) is 1. The van der Waals surface area contributed by atoms with Gasteiger partial charge in [0.2, 0.25) is 0 Å². The molecule has 2 rings (SSSR count). The molecule has 0 fully saturated rings. The number of aromatic nitrogens is 2. The lowest BCUT2D eigenvalue weighted by atomic mass is 10.1. The van der Waals surface area contributed by atoms with Crippen molar-refractivity contribution in [3.63, 3.8) is 0 Å². The molecule has 96 valence electrons. The number of H-pyrrole nitrogens is 1. The summed E-state index contributed by atoms with van der Waals surface area (Å²) in [6, 6.07) is 7.54. The van der Waals surface area contributed by atoms with E-state index in [1.54, 1.807) is 12.4 Å². The minimum atomic E-state index is -0.577. The van der Waals surface area contributed by atoms with E-state index in [1.807, 2.05) is 38.1 Å². The Kier molecular flexibility index (Phi) is 3.99. The second-order valence-electron chi connectivity index (χ2n) is 4.49. The lowest BCUT2D eigenvalue weighted by Crippen LogP contribution is -2.07. The second kappa shape index (κ2) is 5.69. The molecule has 2 aromatic rings. The minimum Gasteiger partial charge on any atom is -0.491 e. The first kappa shape index (κ1) is 12.6. The number of rotatable bonds is 5. The van der Waals surface area contributed by atoms with E-state index in [4.69, 9.17) is 4.74 Å². The molecule has 0 amide bonds. The topological polar surface area (TPSA) is 58.1 Å². The monoisotopic (exact) mass is 246 g/mol. The predicted molar refractivity (Wildman–Crippen MR) is 69.5 cm³/mol. The fraction of sp³-hybridized carbons (Fsp3) is 0.357. The summed E-state index contributed by atoms with van der Waals surface area (Å²) >= 11 is 0. The van der Waals surface area contributed by atoms with Crippen molar-refractivity contribution in [2.24, 2.45) is 0 Å². The average Bonchev–Trinajstić information content (AvgIpc) is 2.81. The highest BCUT2D eigenvalue weighted by Gasteiger charge is 2.11. The van der Waals surface area contributed by atoms with Crippen molar-refractivity contribution in [3.05, 3.63) is 48.0 Å². The zero-order valence-electron chi connectivity index (χ0n) is 10.6. The number of hydrogen-bond acceptors (Lipinski definition) is 3. The maximum Gasteiger partial charge on any atom is 0.120 e. The van der Waals surface area contributed by atoms with Crippen molar-refractivity contribution in [2.75, 3.05) is 0 Å². The SMILES string of the molecule is CC(C)Oc1cccc(C(O)Cc2ncc[nH]2)c1. The maximum atomic E-state index is 10.1. The molecule has 4 heteroatoms. The van der Waals surface area contributed by atoms with Crippen LogP contribution in [0.4, 0.5) is 0 Å². The molecule has 18 heavy (non-hydrogen) atoms. The number of hydrogen-bond donors (Lipinski definition) is 2. The first-order chi connectivity index (χ1) is 8.65. The van der Waals surface area contributed by atoms with E-state index in [-0.39, 0.29) is 6.10 Å². The van der Waals surface area contributed by atoms with Gasteiger partial charge in [-0.15, -0.1) is 0 Å². The number of imidazole rings is 1. The molecule has 1 heterocycles. The zero-order chi connectivity index (χ0) is 13.0. The maximum absolute atomic E-state index is 10.1. The van der Waals surface area contributed by atoms with E-state index in [0.717, 1.165) is 17.1 Å². The number of aromatic amines is 1. The summed E-state index contributed by atoms with van der Waals surface area (Å²) in [5.41, 5.74) is 0.838. The molecule has 4 nitrogen and oxygen atoms in total. The van der Waals surface area contributed by atoms with Crippen molar-refractivity contribution in [1.82, 2.24) is 9.97 Å². The first-order valence-electron chi connectivity index (χ1n) is 6.08. The largest absolute Gasteiger partial charge is 0.491 e. The van der Waals surface area contributed by atoms with E-state index in [2.05, 4.69) is 9.97 Å². The summed E-state index contributed by atoms with van der Waals surface area (Å²) < 4.78 is 5.61. The normalized spacial score (nSPS) is 12.7. The second-order valence-corrected chi connectivity index (χ2v) is 4.49. The summed E-state index contributed by atoms with van der Waals surface area (Å²) in [6.07, 6.45) is 3.45. The van der Waals surface area contributed by atoms with Gasteiger partial charge in [0.25, 0.3) is 0 Å². The molecule has 0 aliphatic heterocycles. The van der Waals surface area contributed by atoms with Crippen LogP contribution in [0.5, 0.6) is 5.75 Å². The molecule has 1 aromatic carbocycles. The van der Waals surface area contributed by atoms with Crippen molar-refractivity contribution >= 4 is 0 Å². The fourth-order valence-corrected chi connectivity index (χ4v) is 1.78. The van der Waals surface area contributed by atoms with E-state index in [9.17, 15) is 5.11 Å². The molecule has 0 saturated heterocycles. The molecule has 1 aromatic heterocycles. The van der Waals surface area contributed by atoms with Gasteiger partial charge in [0, 0.05) is 18.8 Å². The standard InChI is InChI=1S/C14H18N2O2/c1-10(2)18-12-5-3-4-11(8-12)13(17)9-14-15-6-7-16-14/h3-8,10,13,17H,9H2,1-2H3,(H,15,16). The predicted octanol–water partition coefficient (Wildman–Crippen LogP) is 2.47. The number of ether oxygens (including phenoxy) is 1. The lowest BCUT2D eigenvalue weighted by molar-refractivity contribution is 0.174. The Morgan fingerprint density at radius 2 is 2.22 bits per heavy atom. The summed E-state index contributed by atoms with van der Waals surface area (Å²) in [5.74, 6) is 1.55. The van der Waals surface area contributed by atoms with Gasteiger partial charge in [-0.3, -0.25) is 0 Å². The summed E-state index contributed by atoms with van der Waals surface area (Å²) in [6.45, 7) is 3.96. The number of aliphatic hydroxyl groups is 1. The Labute approximate surface area is 107 Å². The molecule has 0 spiro atoms. The van der Waals surface area contributed by atoms with Crippen LogP contribution < -0.4 is 4.74 Å². The third-order valence-electron chi connectivity index (χ3n) is 2.56. The highest BCUT2D eigenvalue weighted by atomic mass is 16.5. The Balaban J connectivity index is 2.07. The van der Waals surface area contributed by atoms with Gasteiger partial charge in [-0.05, 0) is 31.5 Å². The van der Waals surface area contributed by atoms with E-state index in [1.165, 1.54) is 0 Å². The summed E-state index contributed by atoms with van der Waals surface area (Å²) in [7, 11) is 0. The van der Waals surface area contributed by atoms with Crippen LogP contribution in [-0.2, 0) is 6.42 Å². The van der Waals surface area contributed by atoms with E-state index >= 15 is 0 Å². The highest BCUT2D eigenvalue weighted by molar-refractivity contribution is 5.30. The molecular formula is C14H18N2O2. The molecule has 0 saturated carbocycles. The fourth-order valence-electron chi connectivity index (χ4n) is 1.78. The molecule has 1 atom stereocenters. The van der Waals surface area contributed by atoms with Gasteiger partial charge >= 0.3 is 0 Å². The number of aliphatic hydroxyl groups excluding tert-OH is 1. The van der Waals surface area contributed by atoms with Gasteiger partial charge < -0.3 is 14.8 Å². The van der Waals surface area contributed by atoms with Crippen LogP contribution in [0.25, 0.3) is 0 Å². The quantitative estimate of drug-likeness (QED) is 0.852. The van der Waals surface area contributed by atoms with Crippen LogP contribution in [-0.4, -0.2) is 21.2 Å². The smallest absolute Gasteiger partial charge is 0.120 e. The molecule has 1 unspecified atom stereocenters. The van der Waals surface area contributed by atoms with Gasteiger partial charge in [0.1, 0.15) is 11.6 Å². The van der Waals surface area contributed by atoms with Gasteiger partial charge in [-0.2, -0.15) is 0 Å². The summed E-state index contributed by atoms with van der Waals surface area (Å²) in [4.78, 5) is 7.09. The third-order valence-corrected chi connectivity index (χ3v) is 2.56. The van der Waals surface area contributed by atoms with Gasteiger partial charge in [-0.25, -0.2) is 4.98 Å². The van der Waals surface area contributed by atoms with Crippen LogP contribution in [0.1, 0.15) is 31.3 Å². The van der Waals surface area contributed by atoms with Gasteiger partial charge in [0.15, 0.2) is 0 Å². The lowest BCUT2D eigenvalue weighted by Gasteiger charge is -2.13. The van der Waals surface area contributed by atoms with Crippen LogP contribution in [0.2, 0.25) is 0 Å². The van der Waals surface area contributed by atoms with Crippen LogP contribution in [0, 0.1) is 0 Å². The van der Waals surface area contributed by atoms with Crippen molar-refractivity contribution in [3.8, 4) is 5.75 Å². The van der Waals surface area contributed by atoms with Crippen molar-refractivity contribution in [1.29, 1.82) is 0 Å². The molecule has 0 aliphatic rings. The van der Waals surface area contributed by atoms with Gasteiger partial charge in [-0.1, -0.05) is 12.1 Å². The Hall–Kier alpha value is -1.81. The van der Waals surface area contributed by atoms with Crippen LogP contribution >= 0.6 is 0 Å². The van der Waals surface area contributed by atoms with Crippen LogP contribution in [0.3, 0.4) is 0 Å². The molecule has 0 bridgehead atoms. The third kappa shape index (κ3) is 3.34. The summed E-state index contributed by atoms with van der Waals surface area (Å²) in [5, 5.41) is 10.1. The van der Waals surface area contributed by atoms with E-state index < -0.39 is 6.10 Å². The van der Waals surface area contributed by atoms with Crippen molar-refractivity contribution in [2.45, 2.75) is 32.5 Å². The minimum absolute atomic E-state index is 0.127. The number of benzene rings is 1. The molecule has 0 aliphatic carbocycles. The zero-order valence-corrected chi connectivity index (χ0v) is 10.6. The Bertz CT molecular complexity index is 480. The highest BCUT2D eigenvalue weighted by Crippen LogP contribution is 2.22.